The Balaban J connectivity index is 1.96. The van der Waals surface area contributed by atoms with Crippen molar-refractivity contribution in [1.29, 1.82) is 0 Å². The first kappa shape index (κ1) is 13.7. The molecule has 0 fully saturated rings. The van der Waals surface area contributed by atoms with E-state index in [-0.39, 0.29) is 11.9 Å². The highest BCUT2D eigenvalue weighted by atomic mass is 19.1. The van der Waals surface area contributed by atoms with E-state index in [1.807, 2.05) is 37.5 Å². The summed E-state index contributed by atoms with van der Waals surface area (Å²) in [5, 5.41) is 4.47. The first-order valence-electron chi connectivity index (χ1n) is 7.03. The Hall–Kier alpha value is -2.26. The number of benzene rings is 2. The van der Waals surface area contributed by atoms with Crippen molar-refractivity contribution in [2.24, 2.45) is 0 Å². The van der Waals surface area contributed by atoms with Crippen molar-refractivity contribution in [2.75, 3.05) is 7.05 Å². The molecule has 2 aromatic carbocycles. The van der Waals surface area contributed by atoms with Gasteiger partial charge in [-0.25, -0.2) is 4.39 Å². The zero-order chi connectivity index (χ0) is 14.7. The van der Waals surface area contributed by atoms with Crippen LogP contribution in [0.4, 0.5) is 4.39 Å². The summed E-state index contributed by atoms with van der Waals surface area (Å²) in [6.45, 7) is 0. The molecule has 3 aromatic rings. The van der Waals surface area contributed by atoms with E-state index in [2.05, 4.69) is 28.5 Å². The van der Waals surface area contributed by atoms with Gasteiger partial charge >= 0.3 is 0 Å². The van der Waals surface area contributed by atoms with E-state index in [0.29, 0.717) is 0 Å². The smallest absolute Gasteiger partial charge is 0.123 e. The highest BCUT2D eigenvalue weighted by molar-refractivity contribution is 5.82. The Bertz CT molecular complexity index is 732. The molecule has 0 radical (unpaired) electrons. The van der Waals surface area contributed by atoms with E-state index in [4.69, 9.17) is 0 Å². The molecule has 3 heteroatoms. The number of aromatic nitrogens is 1. The lowest BCUT2D eigenvalue weighted by Gasteiger charge is -2.18. The molecule has 0 saturated heterocycles. The zero-order valence-electron chi connectivity index (χ0n) is 11.9. The number of hydrogen-bond acceptors (Lipinski definition) is 2. The van der Waals surface area contributed by atoms with Gasteiger partial charge < -0.3 is 5.32 Å². The summed E-state index contributed by atoms with van der Waals surface area (Å²) in [4.78, 5) is 4.51. The maximum Gasteiger partial charge on any atom is 0.123 e. The first-order chi connectivity index (χ1) is 10.3. The molecule has 0 aliphatic heterocycles. The van der Waals surface area contributed by atoms with Crippen LogP contribution in [0.25, 0.3) is 10.9 Å². The maximum absolute atomic E-state index is 13.0. The molecule has 3 rings (SSSR count). The number of para-hydroxylation sites is 1. The fourth-order valence-corrected chi connectivity index (χ4v) is 2.63. The van der Waals surface area contributed by atoms with E-state index in [1.165, 1.54) is 17.7 Å². The Morgan fingerprint density at radius 3 is 2.57 bits per heavy atom. The third-order valence-corrected chi connectivity index (χ3v) is 3.74. The van der Waals surface area contributed by atoms with Crippen molar-refractivity contribution >= 4 is 10.9 Å². The van der Waals surface area contributed by atoms with Gasteiger partial charge in [-0.15, -0.1) is 0 Å². The molecule has 0 spiro atoms. The number of nitrogens with zero attached hydrogens (tertiary/aromatic N) is 1. The Morgan fingerprint density at radius 1 is 1.05 bits per heavy atom. The van der Waals surface area contributed by atoms with Gasteiger partial charge in [0, 0.05) is 17.6 Å². The average molecular weight is 280 g/mol. The van der Waals surface area contributed by atoms with E-state index in [1.54, 1.807) is 0 Å². The molecule has 1 N–H and O–H groups in total. The van der Waals surface area contributed by atoms with Crippen LogP contribution >= 0.6 is 0 Å². The molecule has 0 bridgehead atoms. The van der Waals surface area contributed by atoms with Crippen LogP contribution in [0, 0.1) is 5.82 Å². The van der Waals surface area contributed by atoms with Crippen LogP contribution < -0.4 is 5.32 Å². The molecule has 1 heterocycles. The fraction of sp³-hybridized carbons (Fsp3) is 0.167. The molecule has 1 aromatic heterocycles. The van der Waals surface area contributed by atoms with Crippen molar-refractivity contribution in [3.05, 3.63) is 77.7 Å². The van der Waals surface area contributed by atoms with Gasteiger partial charge in [0.05, 0.1) is 5.52 Å². The second-order valence-electron chi connectivity index (χ2n) is 5.09. The van der Waals surface area contributed by atoms with Crippen LogP contribution in [0.1, 0.15) is 17.2 Å². The number of halogens is 1. The molecule has 0 saturated carbocycles. The van der Waals surface area contributed by atoms with Crippen LogP contribution in [0.2, 0.25) is 0 Å². The lowest BCUT2D eigenvalue weighted by Crippen LogP contribution is -2.19. The average Bonchev–Trinajstić information content (AvgIpc) is 2.54. The van der Waals surface area contributed by atoms with Crippen LogP contribution in [0.3, 0.4) is 0 Å². The third kappa shape index (κ3) is 2.93. The minimum atomic E-state index is -0.202. The number of rotatable bonds is 4. The maximum atomic E-state index is 13.0. The predicted octanol–water partition coefficient (Wildman–Crippen LogP) is 3.88. The summed E-state index contributed by atoms with van der Waals surface area (Å²) in [6.07, 6.45) is 2.61. The Labute approximate surface area is 123 Å². The lowest BCUT2D eigenvalue weighted by molar-refractivity contribution is 0.592. The van der Waals surface area contributed by atoms with Crippen molar-refractivity contribution in [3.8, 4) is 0 Å². The van der Waals surface area contributed by atoms with Crippen LogP contribution in [0.15, 0.2) is 60.8 Å². The molecular weight excluding hydrogens is 263 g/mol. The molecule has 1 atom stereocenters. The molecular formula is C18H17FN2. The van der Waals surface area contributed by atoms with Crippen molar-refractivity contribution < 1.29 is 4.39 Å². The van der Waals surface area contributed by atoms with Gasteiger partial charge in [-0.2, -0.15) is 0 Å². The SMILES string of the molecule is CNC(Cc1ccc(F)cc1)c1cccc2cccnc12. The first-order valence-corrected chi connectivity index (χ1v) is 7.03. The molecule has 0 amide bonds. The van der Waals surface area contributed by atoms with Gasteiger partial charge in [0.25, 0.3) is 0 Å². The second kappa shape index (κ2) is 6.02. The van der Waals surface area contributed by atoms with E-state index < -0.39 is 0 Å². The monoisotopic (exact) mass is 280 g/mol. The molecule has 0 aliphatic rings. The molecule has 0 aliphatic carbocycles. The quantitative estimate of drug-likeness (QED) is 0.784. The summed E-state index contributed by atoms with van der Waals surface area (Å²) in [5.41, 5.74) is 3.28. The Kier molecular flexibility index (Phi) is 3.93. The largest absolute Gasteiger partial charge is 0.313 e. The van der Waals surface area contributed by atoms with Gasteiger partial charge in [-0.3, -0.25) is 4.98 Å². The molecule has 106 valence electrons. The third-order valence-electron chi connectivity index (χ3n) is 3.74. The van der Waals surface area contributed by atoms with Crippen molar-refractivity contribution in [1.82, 2.24) is 10.3 Å². The summed E-state index contributed by atoms with van der Waals surface area (Å²) in [5.74, 6) is -0.202. The zero-order valence-corrected chi connectivity index (χ0v) is 11.9. The highest BCUT2D eigenvalue weighted by Gasteiger charge is 2.13. The standard InChI is InChI=1S/C18H17FN2/c1-20-17(12-13-7-9-15(19)10-8-13)16-6-2-4-14-5-3-11-21-18(14)16/h2-11,17,20H,12H2,1H3. The lowest BCUT2D eigenvalue weighted by atomic mass is 9.96. The van der Waals surface area contributed by atoms with Crippen LogP contribution in [0.5, 0.6) is 0 Å². The second-order valence-corrected chi connectivity index (χ2v) is 5.09. The van der Waals surface area contributed by atoms with Crippen molar-refractivity contribution in [3.63, 3.8) is 0 Å². The number of hydrogen-bond donors (Lipinski definition) is 1. The van der Waals surface area contributed by atoms with Gasteiger partial charge in [0.15, 0.2) is 0 Å². The van der Waals surface area contributed by atoms with Crippen molar-refractivity contribution in [2.45, 2.75) is 12.5 Å². The normalized spacial score (nSPS) is 12.5. The number of pyridine rings is 1. The summed E-state index contributed by atoms with van der Waals surface area (Å²) in [7, 11) is 1.94. The number of fused-ring (bicyclic) bond motifs is 1. The van der Waals surface area contributed by atoms with Crippen LogP contribution in [-0.2, 0) is 6.42 Å². The highest BCUT2D eigenvalue weighted by Crippen LogP contribution is 2.25. The Morgan fingerprint density at radius 2 is 1.81 bits per heavy atom. The summed E-state index contributed by atoms with van der Waals surface area (Å²) in [6, 6.07) is 17.0. The topological polar surface area (TPSA) is 24.9 Å². The van der Waals surface area contributed by atoms with Gasteiger partial charge in [0.2, 0.25) is 0 Å². The number of nitrogens with one attached hydrogen (secondary N) is 1. The molecule has 1 unspecified atom stereocenters. The van der Waals surface area contributed by atoms with Gasteiger partial charge in [-0.1, -0.05) is 36.4 Å². The molecule has 21 heavy (non-hydrogen) atoms. The van der Waals surface area contributed by atoms with Gasteiger partial charge in [-0.05, 0) is 42.8 Å². The predicted molar refractivity (Wildman–Crippen MR) is 83.6 cm³/mol. The molecule has 2 nitrogen and oxygen atoms in total. The minimum Gasteiger partial charge on any atom is -0.313 e. The van der Waals surface area contributed by atoms with E-state index >= 15 is 0 Å². The van der Waals surface area contributed by atoms with E-state index in [0.717, 1.165) is 22.9 Å². The fourth-order valence-electron chi connectivity index (χ4n) is 2.63. The van der Waals surface area contributed by atoms with E-state index in [9.17, 15) is 4.39 Å². The summed E-state index contributed by atoms with van der Waals surface area (Å²) < 4.78 is 13.0. The van der Waals surface area contributed by atoms with Gasteiger partial charge in [0.1, 0.15) is 5.82 Å². The summed E-state index contributed by atoms with van der Waals surface area (Å²) >= 11 is 0. The minimum absolute atomic E-state index is 0.147. The number of likely N-dealkylation sites (N-methyl/N-ethyl adjacent to an activating group) is 1. The van der Waals surface area contributed by atoms with Crippen LogP contribution in [-0.4, -0.2) is 12.0 Å².